The molecule has 30 heavy (non-hydrogen) atoms. The first-order valence-electron chi connectivity index (χ1n) is 10.9. The molecular weight excluding hydrogens is 366 g/mol. The Morgan fingerprint density at radius 2 is 1.53 bits per heavy atom. The number of aromatic nitrogens is 2. The molecule has 3 nitrogen and oxygen atoms in total. The first-order chi connectivity index (χ1) is 14.5. The van der Waals surface area contributed by atoms with E-state index in [9.17, 15) is 0 Å². The fourth-order valence-corrected chi connectivity index (χ4v) is 4.60. The minimum Gasteiger partial charge on any atom is -0.370 e. The molecule has 4 aromatic rings. The van der Waals surface area contributed by atoms with Gasteiger partial charge in [-0.3, -0.25) is 0 Å². The molecule has 0 amide bonds. The molecule has 0 bridgehead atoms. The summed E-state index contributed by atoms with van der Waals surface area (Å²) in [6, 6.07) is 13.2. The fourth-order valence-electron chi connectivity index (χ4n) is 4.60. The van der Waals surface area contributed by atoms with Crippen LogP contribution in [-0.4, -0.2) is 16.5 Å². The van der Waals surface area contributed by atoms with Crippen molar-refractivity contribution in [2.45, 2.75) is 40.5 Å². The number of benzene rings is 2. The van der Waals surface area contributed by atoms with Crippen LogP contribution in [0.3, 0.4) is 0 Å². The molecule has 2 N–H and O–H groups in total. The molecule has 0 spiro atoms. The van der Waals surface area contributed by atoms with Crippen LogP contribution in [0.5, 0.6) is 0 Å². The first-order valence-corrected chi connectivity index (χ1v) is 10.9. The summed E-state index contributed by atoms with van der Waals surface area (Å²) in [5, 5.41) is 4.72. The second-order valence-electron chi connectivity index (χ2n) is 8.79. The van der Waals surface area contributed by atoms with Crippen LogP contribution in [0.25, 0.3) is 33.2 Å². The van der Waals surface area contributed by atoms with Gasteiger partial charge in [-0.25, -0.2) is 4.98 Å². The van der Waals surface area contributed by atoms with E-state index in [4.69, 9.17) is 4.98 Å². The number of hydrogen-bond donors (Lipinski definition) is 2. The minimum absolute atomic E-state index is 0.847. The number of anilines is 1. The quantitative estimate of drug-likeness (QED) is 0.384. The van der Waals surface area contributed by atoms with Crippen molar-refractivity contribution < 1.29 is 0 Å². The van der Waals surface area contributed by atoms with E-state index in [0.29, 0.717) is 0 Å². The number of aromatic amines is 1. The monoisotopic (exact) mass is 395 g/mol. The third-order valence-electron chi connectivity index (χ3n) is 6.79. The predicted octanol–water partition coefficient (Wildman–Crippen LogP) is 6.95. The largest absolute Gasteiger partial charge is 0.370 e. The van der Waals surface area contributed by atoms with Gasteiger partial charge in [-0.2, -0.15) is 0 Å². The lowest BCUT2D eigenvalue weighted by Gasteiger charge is -2.21. The molecule has 152 valence electrons. The highest BCUT2D eigenvalue weighted by atomic mass is 15.0. The Bertz CT molecular complexity index is 1200. The van der Waals surface area contributed by atoms with Gasteiger partial charge in [0, 0.05) is 30.0 Å². The van der Waals surface area contributed by atoms with Crippen LogP contribution in [0.1, 0.15) is 35.1 Å². The van der Waals surface area contributed by atoms with Gasteiger partial charge in [-0.15, -0.1) is 0 Å². The lowest BCUT2D eigenvalue weighted by Crippen LogP contribution is -2.05. The summed E-state index contributed by atoms with van der Waals surface area (Å²) in [4.78, 5) is 7.98. The fraction of sp³-hybridized carbons (Fsp3) is 0.296. The zero-order valence-corrected chi connectivity index (χ0v) is 18.3. The van der Waals surface area contributed by atoms with Gasteiger partial charge in [-0.05, 0) is 121 Å². The van der Waals surface area contributed by atoms with E-state index >= 15 is 0 Å². The normalized spacial score (nSPS) is 13.7. The van der Waals surface area contributed by atoms with Crippen molar-refractivity contribution in [1.29, 1.82) is 0 Å². The standard InChI is InChI=1S/C27H29N3/c1-16-18(3)27(23-8-10-25(30-15-23)29-14-20-5-6-20)19(4)17(2)26(16)22-7-9-24-21(13-22)11-12-28-24/h7-13,15,20,28H,5-6,14H2,1-4H3,(H,29,30). The summed E-state index contributed by atoms with van der Waals surface area (Å²) in [6.45, 7) is 10.0. The smallest absolute Gasteiger partial charge is 0.125 e. The second kappa shape index (κ2) is 7.32. The molecule has 0 aliphatic heterocycles. The third-order valence-corrected chi connectivity index (χ3v) is 6.79. The van der Waals surface area contributed by atoms with Gasteiger partial charge < -0.3 is 10.3 Å². The van der Waals surface area contributed by atoms with Crippen molar-refractivity contribution in [3.05, 3.63) is 71.0 Å². The van der Waals surface area contributed by atoms with Gasteiger partial charge in [0.2, 0.25) is 0 Å². The van der Waals surface area contributed by atoms with Crippen LogP contribution < -0.4 is 5.32 Å². The Hall–Kier alpha value is -3.07. The second-order valence-corrected chi connectivity index (χ2v) is 8.79. The first kappa shape index (κ1) is 18.9. The zero-order valence-electron chi connectivity index (χ0n) is 18.3. The van der Waals surface area contributed by atoms with Crippen molar-refractivity contribution >= 4 is 16.7 Å². The molecule has 1 fully saturated rings. The van der Waals surface area contributed by atoms with E-state index in [1.165, 1.54) is 68.3 Å². The minimum atomic E-state index is 0.847. The van der Waals surface area contributed by atoms with Crippen LogP contribution in [0.2, 0.25) is 0 Å². The van der Waals surface area contributed by atoms with Gasteiger partial charge in [0.05, 0.1) is 0 Å². The highest BCUT2D eigenvalue weighted by Gasteiger charge is 2.21. The number of H-pyrrole nitrogens is 1. The molecule has 2 heterocycles. The number of nitrogens with zero attached hydrogens (tertiary/aromatic N) is 1. The molecule has 1 aliphatic carbocycles. The van der Waals surface area contributed by atoms with Crippen molar-refractivity contribution in [3.63, 3.8) is 0 Å². The highest BCUT2D eigenvalue weighted by Crippen LogP contribution is 2.39. The van der Waals surface area contributed by atoms with E-state index in [1.54, 1.807) is 0 Å². The topological polar surface area (TPSA) is 40.7 Å². The molecule has 2 aromatic carbocycles. The molecular formula is C27H29N3. The molecule has 0 unspecified atom stereocenters. The Labute approximate surface area is 178 Å². The Morgan fingerprint density at radius 3 is 2.17 bits per heavy atom. The molecule has 0 atom stereocenters. The summed E-state index contributed by atoms with van der Waals surface area (Å²) in [7, 11) is 0. The number of fused-ring (bicyclic) bond motifs is 1. The number of nitrogens with one attached hydrogen (secondary N) is 2. The van der Waals surface area contributed by atoms with E-state index in [0.717, 1.165) is 18.3 Å². The predicted molar refractivity (Wildman–Crippen MR) is 127 cm³/mol. The number of hydrogen-bond acceptors (Lipinski definition) is 2. The molecule has 1 aliphatic rings. The van der Waals surface area contributed by atoms with Crippen LogP contribution >= 0.6 is 0 Å². The summed E-state index contributed by atoms with van der Waals surface area (Å²) >= 11 is 0. The van der Waals surface area contributed by atoms with Gasteiger partial charge in [0.1, 0.15) is 5.82 Å². The van der Waals surface area contributed by atoms with Crippen LogP contribution in [0, 0.1) is 33.6 Å². The maximum Gasteiger partial charge on any atom is 0.125 e. The lowest BCUT2D eigenvalue weighted by molar-refractivity contribution is 0.883. The molecule has 1 saturated carbocycles. The third kappa shape index (κ3) is 3.28. The maximum absolute atomic E-state index is 4.69. The number of rotatable bonds is 5. The average molecular weight is 396 g/mol. The van der Waals surface area contributed by atoms with E-state index in [-0.39, 0.29) is 0 Å². The van der Waals surface area contributed by atoms with Crippen molar-refractivity contribution in [2.24, 2.45) is 5.92 Å². The SMILES string of the molecule is Cc1c(C)c(-c2ccc3[nH]ccc3c2)c(C)c(C)c1-c1ccc(NCC2CC2)nc1. The van der Waals surface area contributed by atoms with Gasteiger partial charge in [-0.1, -0.05) is 6.07 Å². The van der Waals surface area contributed by atoms with Gasteiger partial charge in [0.15, 0.2) is 0 Å². The lowest BCUT2D eigenvalue weighted by atomic mass is 9.83. The van der Waals surface area contributed by atoms with Gasteiger partial charge in [0.25, 0.3) is 0 Å². The maximum atomic E-state index is 4.69. The van der Waals surface area contributed by atoms with Crippen LogP contribution in [0.4, 0.5) is 5.82 Å². The Balaban J connectivity index is 1.55. The zero-order chi connectivity index (χ0) is 20.8. The highest BCUT2D eigenvalue weighted by molar-refractivity contribution is 5.89. The molecule has 5 rings (SSSR count). The van der Waals surface area contributed by atoms with Crippen molar-refractivity contribution in [3.8, 4) is 22.3 Å². The Morgan fingerprint density at radius 1 is 0.867 bits per heavy atom. The van der Waals surface area contributed by atoms with Crippen molar-refractivity contribution in [1.82, 2.24) is 9.97 Å². The van der Waals surface area contributed by atoms with E-state index < -0.39 is 0 Å². The summed E-state index contributed by atoms with van der Waals surface area (Å²) < 4.78 is 0. The molecule has 3 heteroatoms. The number of pyridine rings is 1. The Kier molecular flexibility index (Phi) is 4.62. The van der Waals surface area contributed by atoms with E-state index in [1.807, 2.05) is 12.4 Å². The summed E-state index contributed by atoms with van der Waals surface area (Å²) in [6.07, 6.45) is 6.73. The van der Waals surface area contributed by atoms with Crippen LogP contribution in [0.15, 0.2) is 48.8 Å². The molecule has 0 saturated heterocycles. The summed E-state index contributed by atoms with van der Waals surface area (Å²) in [5.41, 5.74) is 11.7. The van der Waals surface area contributed by atoms with E-state index in [2.05, 4.69) is 74.4 Å². The van der Waals surface area contributed by atoms with Crippen LogP contribution in [-0.2, 0) is 0 Å². The molecule has 2 aromatic heterocycles. The summed E-state index contributed by atoms with van der Waals surface area (Å²) in [5.74, 6) is 1.82. The average Bonchev–Trinajstić information content (AvgIpc) is 3.47. The van der Waals surface area contributed by atoms with Gasteiger partial charge >= 0.3 is 0 Å². The molecule has 0 radical (unpaired) electrons. The van der Waals surface area contributed by atoms with Crippen molar-refractivity contribution in [2.75, 3.05) is 11.9 Å².